The largest absolute Gasteiger partial charge is 0.391 e. The summed E-state index contributed by atoms with van der Waals surface area (Å²) in [4.78, 5) is 13.4. The minimum Gasteiger partial charge on any atom is -0.391 e. The van der Waals surface area contributed by atoms with Crippen molar-refractivity contribution in [1.82, 2.24) is 4.90 Å². The van der Waals surface area contributed by atoms with Crippen LogP contribution in [0.3, 0.4) is 0 Å². The fourth-order valence-electron chi connectivity index (χ4n) is 1.52. The van der Waals surface area contributed by atoms with Crippen LogP contribution in [-0.4, -0.2) is 47.8 Å². The molecule has 1 amide bonds. The molecular formula is C10H19NO3. The van der Waals surface area contributed by atoms with Crippen LogP contribution in [0.4, 0.5) is 0 Å². The number of amides is 1. The van der Waals surface area contributed by atoms with Gasteiger partial charge in [-0.25, -0.2) is 0 Å². The number of aliphatic hydroxyl groups excluding tert-OH is 1. The van der Waals surface area contributed by atoms with Crippen molar-refractivity contribution in [3.8, 4) is 0 Å². The molecule has 0 aromatic carbocycles. The summed E-state index contributed by atoms with van der Waals surface area (Å²) in [5.41, 5.74) is -0.412. The molecule has 82 valence electrons. The van der Waals surface area contributed by atoms with Crippen molar-refractivity contribution < 1.29 is 14.6 Å². The molecule has 14 heavy (non-hydrogen) atoms. The summed E-state index contributed by atoms with van der Waals surface area (Å²) in [6, 6.07) is 0. The van der Waals surface area contributed by atoms with Gasteiger partial charge in [0, 0.05) is 20.2 Å². The van der Waals surface area contributed by atoms with E-state index in [4.69, 9.17) is 4.74 Å². The Hall–Kier alpha value is -0.610. The molecule has 4 heteroatoms. The van der Waals surface area contributed by atoms with Gasteiger partial charge in [-0.3, -0.25) is 4.79 Å². The zero-order valence-corrected chi connectivity index (χ0v) is 9.12. The molecule has 1 N–H and O–H groups in total. The first kappa shape index (κ1) is 11.5. The Balaban J connectivity index is 2.43. The van der Waals surface area contributed by atoms with E-state index >= 15 is 0 Å². The van der Waals surface area contributed by atoms with Crippen LogP contribution in [0.25, 0.3) is 0 Å². The number of hydrogen-bond acceptors (Lipinski definition) is 3. The van der Waals surface area contributed by atoms with E-state index in [1.54, 1.807) is 12.0 Å². The van der Waals surface area contributed by atoms with Gasteiger partial charge >= 0.3 is 0 Å². The summed E-state index contributed by atoms with van der Waals surface area (Å²) in [5, 5.41) is 9.28. The Morgan fingerprint density at radius 3 is 2.71 bits per heavy atom. The third-order valence-electron chi connectivity index (χ3n) is 2.65. The van der Waals surface area contributed by atoms with Crippen molar-refractivity contribution in [2.45, 2.75) is 38.4 Å². The van der Waals surface area contributed by atoms with E-state index in [9.17, 15) is 9.90 Å². The molecule has 0 unspecified atom stereocenters. The summed E-state index contributed by atoms with van der Waals surface area (Å²) in [5.74, 6) is 0.0633. The summed E-state index contributed by atoms with van der Waals surface area (Å²) in [7, 11) is 1.60. The Morgan fingerprint density at radius 1 is 1.64 bits per heavy atom. The minimum atomic E-state index is -0.412. The molecule has 1 saturated heterocycles. The number of hydrogen-bond donors (Lipinski definition) is 1. The van der Waals surface area contributed by atoms with Crippen LogP contribution in [0, 0.1) is 0 Å². The first-order chi connectivity index (χ1) is 6.44. The second-order valence-electron chi connectivity index (χ2n) is 4.42. The lowest BCUT2D eigenvalue weighted by atomic mass is 10.0. The zero-order chi connectivity index (χ0) is 10.8. The number of β-amino-alcohol motifs (C(OH)–C–C–N with tert-alkyl or cyclic N) is 1. The third kappa shape index (κ3) is 2.96. The van der Waals surface area contributed by atoms with E-state index in [2.05, 4.69) is 0 Å². The minimum absolute atomic E-state index is 0.0633. The van der Waals surface area contributed by atoms with Crippen LogP contribution in [0.1, 0.15) is 26.7 Å². The average molecular weight is 201 g/mol. The molecule has 1 aliphatic rings. The standard InChI is InChI=1S/C10H19NO3/c1-10(2,14-3)6-9(13)11-5-4-8(12)7-11/h8,12H,4-7H2,1-3H3/t8-/m0/s1. The van der Waals surface area contributed by atoms with E-state index in [1.165, 1.54) is 0 Å². The molecule has 1 rings (SSSR count). The van der Waals surface area contributed by atoms with Crippen LogP contribution in [0.5, 0.6) is 0 Å². The van der Waals surface area contributed by atoms with Crippen LogP contribution in [0.15, 0.2) is 0 Å². The molecular weight excluding hydrogens is 182 g/mol. The smallest absolute Gasteiger partial charge is 0.225 e. The van der Waals surface area contributed by atoms with E-state index < -0.39 is 5.60 Å². The average Bonchev–Trinajstić information content (AvgIpc) is 2.51. The van der Waals surface area contributed by atoms with Gasteiger partial charge in [-0.2, -0.15) is 0 Å². The van der Waals surface area contributed by atoms with Gasteiger partial charge in [-0.1, -0.05) is 0 Å². The van der Waals surface area contributed by atoms with Gasteiger partial charge in [0.05, 0.1) is 18.1 Å². The topological polar surface area (TPSA) is 49.8 Å². The van der Waals surface area contributed by atoms with Gasteiger partial charge in [0.1, 0.15) is 0 Å². The van der Waals surface area contributed by atoms with Gasteiger partial charge in [0.2, 0.25) is 5.91 Å². The molecule has 0 bridgehead atoms. The van der Waals surface area contributed by atoms with Crippen LogP contribution in [0.2, 0.25) is 0 Å². The quantitative estimate of drug-likeness (QED) is 0.719. The third-order valence-corrected chi connectivity index (χ3v) is 2.65. The van der Waals surface area contributed by atoms with E-state index in [-0.39, 0.29) is 12.0 Å². The summed E-state index contributed by atoms with van der Waals surface area (Å²) in [6.07, 6.45) is 0.722. The zero-order valence-electron chi connectivity index (χ0n) is 9.12. The number of nitrogens with zero attached hydrogens (tertiary/aromatic N) is 1. The second-order valence-corrected chi connectivity index (χ2v) is 4.42. The lowest BCUT2D eigenvalue weighted by Crippen LogP contribution is -2.36. The molecule has 1 heterocycles. The maximum Gasteiger partial charge on any atom is 0.225 e. The van der Waals surface area contributed by atoms with Crippen molar-refractivity contribution in [3.63, 3.8) is 0 Å². The van der Waals surface area contributed by atoms with E-state index in [0.29, 0.717) is 25.9 Å². The van der Waals surface area contributed by atoms with Crippen molar-refractivity contribution in [3.05, 3.63) is 0 Å². The lowest BCUT2D eigenvalue weighted by Gasteiger charge is -2.25. The molecule has 0 aromatic rings. The van der Waals surface area contributed by atoms with Gasteiger partial charge in [0.15, 0.2) is 0 Å². The second kappa shape index (κ2) is 4.28. The van der Waals surface area contributed by atoms with Crippen molar-refractivity contribution in [2.75, 3.05) is 20.2 Å². The van der Waals surface area contributed by atoms with Crippen LogP contribution < -0.4 is 0 Å². The van der Waals surface area contributed by atoms with Crippen molar-refractivity contribution >= 4 is 5.91 Å². The van der Waals surface area contributed by atoms with E-state index in [0.717, 1.165) is 0 Å². The fourth-order valence-corrected chi connectivity index (χ4v) is 1.52. The molecule has 1 atom stereocenters. The van der Waals surface area contributed by atoms with Crippen LogP contribution in [-0.2, 0) is 9.53 Å². The van der Waals surface area contributed by atoms with Crippen molar-refractivity contribution in [1.29, 1.82) is 0 Å². The maximum absolute atomic E-state index is 11.7. The highest BCUT2D eigenvalue weighted by molar-refractivity contribution is 5.77. The number of aliphatic hydroxyl groups is 1. The monoisotopic (exact) mass is 201 g/mol. The van der Waals surface area contributed by atoms with Crippen molar-refractivity contribution in [2.24, 2.45) is 0 Å². The number of methoxy groups -OCH3 is 1. The maximum atomic E-state index is 11.7. The normalized spacial score (nSPS) is 22.9. The first-order valence-corrected chi connectivity index (χ1v) is 4.95. The Labute approximate surface area is 84.8 Å². The van der Waals surface area contributed by atoms with Gasteiger partial charge < -0.3 is 14.7 Å². The number of likely N-dealkylation sites (tertiary alicyclic amines) is 1. The van der Waals surface area contributed by atoms with Crippen LogP contribution >= 0.6 is 0 Å². The molecule has 0 spiro atoms. The van der Waals surface area contributed by atoms with E-state index in [1.807, 2.05) is 13.8 Å². The number of carbonyl (C=O) groups is 1. The highest BCUT2D eigenvalue weighted by Gasteiger charge is 2.29. The Morgan fingerprint density at radius 2 is 2.29 bits per heavy atom. The Kier molecular flexibility index (Phi) is 3.50. The lowest BCUT2D eigenvalue weighted by molar-refractivity contribution is -0.135. The highest BCUT2D eigenvalue weighted by atomic mass is 16.5. The van der Waals surface area contributed by atoms with Gasteiger partial charge in [0.25, 0.3) is 0 Å². The fraction of sp³-hybridized carbons (Fsp3) is 0.900. The summed E-state index contributed by atoms with van der Waals surface area (Å²) in [6.45, 7) is 4.91. The molecule has 0 aromatic heterocycles. The van der Waals surface area contributed by atoms with Gasteiger partial charge in [-0.15, -0.1) is 0 Å². The first-order valence-electron chi connectivity index (χ1n) is 4.95. The molecule has 4 nitrogen and oxygen atoms in total. The molecule has 0 saturated carbocycles. The molecule has 0 aliphatic carbocycles. The number of carbonyl (C=O) groups excluding carboxylic acids is 1. The number of ether oxygens (including phenoxy) is 1. The highest BCUT2D eigenvalue weighted by Crippen LogP contribution is 2.17. The molecule has 1 aliphatic heterocycles. The van der Waals surface area contributed by atoms with Gasteiger partial charge in [-0.05, 0) is 20.3 Å². The predicted molar refractivity (Wildman–Crippen MR) is 52.9 cm³/mol. The summed E-state index contributed by atoms with van der Waals surface area (Å²) < 4.78 is 5.18. The summed E-state index contributed by atoms with van der Waals surface area (Å²) >= 11 is 0. The molecule has 0 radical (unpaired) electrons. The SMILES string of the molecule is COC(C)(C)CC(=O)N1CC[C@H](O)C1. The molecule has 1 fully saturated rings. The Bertz CT molecular complexity index is 215. The number of rotatable bonds is 3. The predicted octanol–water partition coefficient (Wildman–Crippen LogP) is 0.395.